The normalized spacial score (nSPS) is 13.6. The van der Waals surface area contributed by atoms with Crippen LogP contribution in [0.2, 0.25) is 0 Å². The maximum atomic E-state index is 11.4. The third-order valence-corrected chi connectivity index (χ3v) is 3.86. The fraction of sp³-hybridized carbons (Fsp3) is 0.250. The molecule has 4 heteroatoms. The predicted octanol–water partition coefficient (Wildman–Crippen LogP) is 3.33. The molecule has 4 nitrogen and oxygen atoms in total. The Morgan fingerprint density at radius 1 is 1.17 bits per heavy atom. The van der Waals surface area contributed by atoms with Gasteiger partial charge < -0.3 is 15.6 Å². The maximum absolute atomic E-state index is 11.4. The van der Waals surface area contributed by atoms with Crippen molar-refractivity contribution >= 4 is 12.0 Å². The molecule has 126 valence electrons. The van der Waals surface area contributed by atoms with E-state index in [0.717, 1.165) is 17.5 Å². The van der Waals surface area contributed by atoms with Crippen molar-refractivity contribution < 1.29 is 14.6 Å². The number of aliphatic hydroxyl groups is 1. The van der Waals surface area contributed by atoms with Crippen molar-refractivity contribution in [2.24, 2.45) is 5.73 Å². The highest BCUT2D eigenvalue weighted by atomic mass is 16.5. The van der Waals surface area contributed by atoms with Crippen molar-refractivity contribution in [1.82, 2.24) is 0 Å². The first kappa shape index (κ1) is 17.9. The smallest absolute Gasteiger partial charge is 0.337 e. The van der Waals surface area contributed by atoms with Gasteiger partial charge in [0.2, 0.25) is 0 Å². The molecule has 0 aliphatic carbocycles. The number of carbonyl (C=O) groups is 1. The molecular weight excluding hydrogens is 302 g/mol. The molecule has 2 aromatic carbocycles. The molecule has 0 aromatic heterocycles. The number of hydrogen-bond donors (Lipinski definition) is 2. The first-order valence-electron chi connectivity index (χ1n) is 7.95. The largest absolute Gasteiger partial charge is 0.465 e. The summed E-state index contributed by atoms with van der Waals surface area (Å²) >= 11 is 0. The van der Waals surface area contributed by atoms with E-state index in [0.29, 0.717) is 12.0 Å². The van der Waals surface area contributed by atoms with E-state index in [4.69, 9.17) is 5.73 Å². The summed E-state index contributed by atoms with van der Waals surface area (Å²) in [7, 11) is 1.36. The van der Waals surface area contributed by atoms with Crippen LogP contribution in [0.3, 0.4) is 0 Å². The highest BCUT2D eigenvalue weighted by Crippen LogP contribution is 2.18. The van der Waals surface area contributed by atoms with Crippen molar-refractivity contribution in [1.29, 1.82) is 0 Å². The second-order valence-electron chi connectivity index (χ2n) is 5.61. The van der Waals surface area contributed by atoms with Crippen molar-refractivity contribution in [2.75, 3.05) is 7.11 Å². The number of methoxy groups -OCH3 is 1. The van der Waals surface area contributed by atoms with E-state index < -0.39 is 6.10 Å². The lowest BCUT2D eigenvalue weighted by Gasteiger charge is -2.18. The standard InChI is InChI=1S/C20H23NO3/c1-24-20(23)17-13-11-15(12-14-17)7-5-6-10-18(21)19(22)16-8-3-2-4-9-16/h2-5,7-9,11-14,18-19,22H,6,10,21H2,1H3/t18-,19-/m1/s1. The van der Waals surface area contributed by atoms with Crippen LogP contribution in [0.4, 0.5) is 0 Å². The van der Waals surface area contributed by atoms with Gasteiger partial charge in [-0.15, -0.1) is 0 Å². The van der Waals surface area contributed by atoms with Gasteiger partial charge in [0.1, 0.15) is 0 Å². The summed E-state index contributed by atoms with van der Waals surface area (Å²) in [4.78, 5) is 11.4. The minimum atomic E-state index is -0.654. The zero-order valence-corrected chi connectivity index (χ0v) is 13.8. The Kier molecular flexibility index (Phi) is 6.73. The number of nitrogens with two attached hydrogens (primary N) is 1. The molecule has 0 radical (unpaired) electrons. The van der Waals surface area contributed by atoms with Crippen LogP contribution in [0.15, 0.2) is 60.7 Å². The monoisotopic (exact) mass is 325 g/mol. The fourth-order valence-corrected chi connectivity index (χ4v) is 2.41. The number of aliphatic hydroxyl groups excluding tert-OH is 1. The molecule has 0 bridgehead atoms. The van der Waals surface area contributed by atoms with Crippen molar-refractivity contribution in [2.45, 2.75) is 25.0 Å². The van der Waals surface area contributed by atoms with E-state index in [9.17, 15) is 9.90 Å². The van der Waals surface area contributed by atoms with Crippen LogP contribution in [0.5, 0.6) is 0 Å². The molecule has 0 amide bonds. The van der Waals surface area contributed by atoms with E-state index >= 15 is 0 Å². The molecule has 2 atom stereocenters. The number of allylic oxidation sites excluding steroid dienone is 1. The van der Waals surface area contributed by atoms with Gasteiger partial charge in [-0.3, -0.25) is 0 Å². The zero-order chi connectivity index (χ0) is 17.4. The second kappa shape index (κ2) is 9.01. The first-order valence-corrected chi connectivity index (χ1v) is 7.95. The summed E-state index contributed by atoms with van der Waals surface area (Å²) in [6.45, 7) is 0. The number of benzene rings is 2. The Bertz CT molecular complexity index is 665. The number of rotatable bonds is 7. The highest BCUT2D eigenvalue weighted by Gasteiger charge is 2.15. The number of esters is 1. The summed E-state index contributed by atoms with van der Waals surface area (Å²) in [6, 6.07) is 16.3. The minimum absolute atomic E-state index is 0.307. The van der Waals surface area contributed by atoms with E-state index in [1.807, 2.05) is 54.6 Å². The quantitative estimate of drug-likeness (QED) is 0.766. The summed E-state index contributed by atoms with van der Waals surface area (Å²) in [6.07, 6.45) is 4.79. The van der Waals surface area contributed by atoms with Gasteiger partial charge in [-0.05, 0) is 36.1 Å². The highest BCUT2D eigenvalue weighted by molar-refractivity contribution is 5.89. The molecule has 0 saturated carbocycles. The van der Waals surface area contributed by atoms with Gasteiger partial charge in [0.15, 0.2) is 0 Å². The lowest BCUT2D eigenvalue weighted by molar-refractivity contribution is 0.0600. The van der Waals surface area contributed by atoms with Gasteiger partial charge in [0.05, 0.1) is 18.8 Å². The SMILES string of the molecule is COC(=O)c1ccc(C=CCC[C@@H](N)[C@H](O)c2ccccc2)cc1. The summed E-state index contributed by atoms with van der Waals surface area (Å²) in [5.41, 5.74) is 8.43. The van der Waals surface area contributed by atoms with Crippen LogP contribution < -0.4 is 5.73 Å². The second-order valence-corrected chi connectivity index (χ2v) is 5.61. The van der Waals surface area contributed by atoms with Crippen LogP contribution in [-0.2, 0) is 4.74 Å². The number of ether oxygens (including phenoxy) is 1. The van der Waals surface area contributed by atoms with E-state index in [1.54, 1.807) is 12.1 Å². The Hall–Kier alpha value is -2.43. The van der Waals surface area contributed by atoms with Crippen molar-refractivity contribution in [3.05, 3.63) is 77.4 Å². The summed E-state index contributed by atoms with van der Waals surface area (Å²) < 4.78 is 4.67. The first-order chi connectivity index (χ1) is 11.6. The molecular formula is C20H23NO3. The topological polar surface area (TPSA) is 72.5 Å². The predicted molar refractivity (Wildman–Crippen MR) is 95.4 cm³/mol. The summed E-state index contributed by atoms with van der Waals surface area (Å²) in [5.74, 6) is -0.341. The molecule has 24 heavy (non-hydrogen) atoms. The van der Waals surface area contributed by atoms with Gasteiger partial charge in [-0.25, -0.2) is 4.79 Å². The van der Waals surface area contributed by atoms with Gasteiger partial charge in [0.25, 0.3) is 0 Å². The van der Waals surface area contributed by atoms with Gasteiger partial charge in [0, 0.05) is 6.04 Å². The maximum Gasteiger partial charge on any atom is 0.337 e. The van der Waals surface area contributed by atoms with Crippen LogP contribution in [0.1, 0.15) is 40.4 Å². The third-order valence-electron chi connectivity index (χ3n) is 3.86. The summed E-state index contributed by atoms with van der Waals surface area (Å²) in [5, 5.41) is 10.2. The minimum Gasteiger partial charge on any atom is -0.465 e. The molecule has 0 heterocycles. The Labute approximate surface area is 142 Å². The average molecular weight is 325 g/mol. The van der Waals surface area contributed by atoms with Gasteiger partial charge in [-0.2, -0.15) is 0 Å². The lowest BCUT2D eigenvalue weighted by atomic mass is 9.99. The Morgan fingerprint density at radius 3 is 2.46 bits per heavy atom. The van der Waals surface area contributed by atoms with Crippen LogP contribution in [0, 0.1) is 0 Å². The zero-order valence-electron chi connectivity index (χ0n) is 13.8. The van der Waals surface area contributed by atoms with Crippen LogP contribution >= 0.6 is 0 Å². The lowest BCUT2D eigenvalue weighted by Crippen LogP contribution is -2.28. The number of carbonyl (C=O) groups excluding carboxylic acids is 1. The molecule has 0 aliphatic rings. The Balaban J connectivity index is 1.82. The molecule has 0 spiro atoms. The van der Waals surface area contributed by atoms with E-state index in [-0.39, 0.29) is 12.0 Å². The third kappa shape index (κ3) is 5.05. The number of hydrogen-bond acceptors (Lipinski definition) is 4. The van der Waals surface area contributed by atoms with Crippen molar-refractivity contribution in [3.8, 4) is 0 Å². The van der Waals surface area contributed by atoms with Crippen LogP contribution in [-0.4, -0.2) is 24.2 Å². The molecule has 0 aliphatic heterocycles. The molecule has 3 N–H and O–H groups in total. The Morgan fingerprint density at radius 2 is 1.83 bits per heavy atom. The van der Waals surface area contributed by atoms with E-state index in [1.165, 1.54) is 7.11 Å². The molecule has 0 unspecified atom stereocenters. The van der Waals surface area contributed by atoms with Gasteiger partial charge in [-0.1, -0.05) is 54.6 Å². The van der Waals surface area contributed by atoms with E-state index in [2.05, 4.69) is 4.74 Å². The fourth-order valence-electron chi connectivity index (χ4n) is 2.41. The molecule has 0 fully saturated rings. The van der Waals surface area contributed by atoms with Crippen molar-refractivity contribution in [3.63, 3.8) is 0 Å². The molecule has 2 aromatic rings. The van der Waals surface area contributed by atoms with Crippen LogP contribution in [0.25, 0.3) is 6.08 Å². The average Bonchev–Trinajstić information content (AvgIpc) is 2.65. The van der Waals surface area contributed by atoms with Gasteiger partial charge >= 0.3 is 5.97 Å². The molecule has 2 rings (SSSR count). The molecule has 0 saturated heterocycles.